The molecule has 0 aromatic heterocycles. The smallest absolute Gasteiger partial charge is 0.330 e. The number of benzene rings is 1. The van der Waals surface area contributed by atoms with E-state index in [-0.39, 0.29) is 35.5 Å². The highest BCUT2D eigenvalue weighted by Gasteiger charge is 2.28. The predicted octanol–water partition coefficient (Wildman–Crippen LogP) is 2.59. The number of rotatable bonds is 4. The highest BCUT2D eigenvalue weighted by Crippen LogP contribution is 2.36. The van der Waals surface area contributed by atoms with Crippen LogP contribution < -0.4 is 11.1 Å². The Kier molecular flexibility index (Phi) is 4.83. The second-order valence-electron chi connectivity index (χ2n) is 3.16. The topological polar surface area (TPSA) is 55.1 Å². The molecule has 0 atom stereocenters. The van der Waals surface area contributed by atoms with Gasteiger partial charge in [-0.15, -0.1) is 0 Å². The Morgan fingerprint density at radius 2 is 1.88 bits per heavy atom. The van der Waals surface area contributed by atoms with Gasteiger partial charge in [0, 0.05) is 23.5 Å². The number of nitrogens with two attached hydrogens (primary N) is 1. The van der Waals surface area contributed by atoms with Crippen LogP contribution in [0.3, 0.4) is 0 Å². The molecule has 1 rings (SSSR count). The zero-order valence-electron chi connectivity index (χ0n) is 8.75. The van der Waals surface area contributed by atoms with Crippen molar-refractivity contribution in [1.29, 1.82) is 0 Å². The molecule has 17 heavy (non-hydrogen) atoms. The molecule has 7 heteroatoms. The molecule has 0 heterocycles. The van der Waals surface area contributed by atoms with Crippen molar-refractivity contribution in [2.75, 3.05) is 11.9 Å². The number of carbonyl (C=O) groups is 1. The lowest BCUT2D eigenvalue weighted by Crippen LogP contribution is -2.16. The number of thioether (sulfide) groups is 1. The molecule has 0 bridgehead atoms. The maximum absolute atomic E-state index is 12.0. The van der Waals surface area contributed by atoms with Gasteiger partial charge in [-0.25, -0.2) is 0 Å². The molecule has 0 unspecified atom stereocenters. The van der Waals surface area contributed by atoms with E-state index < -0.39 is 5.51 Å². The minimum atomic E-state index is -4.30. The standard InChI is InChI=1S/C10H11F3N2OS/c11-10(12,13)17-8-3-1-7(2-4-8)15-9(16)5-6-14/h1-4H,5-6,14H2,(H,15,16). The highest BCUT2D eigenvalue weighted by atomic mass is 32.2. The molecule has 3 N–H and O–H groups in total. The first-order chi connectivity index (χ1) is 7.90. The lowest BCUT2D eigenvalue weighted by Gasteiger charge is -2.07. The van der Waals surface area contributed by atoms with Gasteiger partial charge in [-0.3, -0.25) is 4.79 Å². The fraction of sp³-hybridized carbons (Fsp3) is 0.300. The van der Waals surface area contributed by atoms with Gasteiger partial charge in [-0.05, 0) is 36.0 Å². The summed E-state index contributed by atoms with van der Waals surface area (Å²) in [7, 11) is 0. The third-order valence-electron chi connectivity index (χ3n) is 1.74. The first kappa shape index (κ1) is 13.9. The van der Waals surface area contributed by atoms with Crippen molar-refractivity contribution >= 4 is 23.4 Å². The Bertz CT molecular complexity index is 378. The summed E-state index contributed by atoms with van der Waals surface area (Å²) >= 11 is -0.194. The van der Waals surface area contributed by atoms with Gasteiger partial charge in [-0.2, -0.15) is 13.2 Å². The third-order valence-corrected chi connectivity index (χ3v) is 2.48. The second-order valence-corrected chi connectivity index (χ2v) is 4.30. The van der Waals surface area contributed by atoms with Crippen molar-refractivity contribution in [3.05, 3.63) is 24.3 Å². The lowest BCUT2D eigenvalue weighted by molar-refractivity contribution is -0.116. The van der Waals surface area contributed by atoms with Crippen LogP contribution in [0.1, 0.15) is 6.42 Å². The predicted molar refractivity (Wildman–Crippen MR) is 60.7 cm³/mol. The van der Waals surface area contributed by atoms with Gasteiger partial charge in [0.15, 0.2) is 0 Å². The number of anilines is 1. The van der Waals surface area contributed by atoms with Crippen LogP contribution in [0.2, 0.25) is 0 Å². The molecule has 0 fully saturated rings. The minimum absolute atomic E-state index is 0.0781. The van der Waals surface area contributed by atoms with Gasteiger partial charge in [0.05, 0.1) is 0 Å². The van der Waals surface area contributed by atoms with Gasteiger partial charge in [-0.1, -0.05) is 0 Å². The number of amides is 1. The van der Waals surface area contributed by atoms with Gasteiger partial charge in [0.25, 0.3) is 0 Å². The van der Waals surface area contributed by atoms with Crippen molar-refractivity contribution in [1.82, 2.24) is 0 Å². The quantitative estimate of drug-likeness (QED) is 0.822. The van der Waals surface area contributed by atoms with E-state index in [1.165, 1.54) is 24.3 Å². The summed E-state index contributed by atoms with van der Waals surface area (Å²) in [4.78, 5) is 11.2. The van der Waals surface area contributed by atoms with E-state index in [9.17, 15) is 18.0 Å². The second kappa shape index (κ2) is 5.92. The Hall–Kier alpha value is -1.21. The molecule has 94 valence electrons. The van der Waals surface area contributed by atoms with Crippen LogP contribution in [0.25, 0.3) is 0 Å². The monoisotopic (exact) mass is 264 g/mol. The van der Waals surface area contributed by atoms with E-state index in [0.29, 0.717) is 5.69 Å². The van der Waals surface area contributed by atoms with Crippen molar-refractivity contribution in [2.24, 2.45) is 5.73 Å². The summed E-state index contributed by atoms with van der Waals surface area (Å²) in [6, 6.07) is 5.44. The zero-order valence-corrected chi connectivity index (χ0v) is 9.57. The average Bonchev–Trinajstić information content (AvgIpc) is 2.19. The number of alkyl halides is 3. The Morgan fingerprint density at radius 1 is 1.29 bits per heavy atom. The summed E-state index contributed by atoms with van der Waals surface area (Å²) < 4.78 is 36.1. The molecular formula is C10H11F3N2OS. The normalized spacial score (nSPS) is 11.3. The molecule has 0 saturated heterocycles. The van der Waals surface area contributed by atoms with Crippen molar-refractivity contribution in [2.45, 2.75) is 16.8 Å². The van der Waals surface area contributed by atoms with Crippen LogP contribution in [-0.4, -0.2) is 18.0 Å². The molecule has 1 aromatic carbocycles. The molecule has 0 spiro atoms. The summed E-state index contributed by atoms with van der Waals surface area (Å²) in [5, 5.41) is 2.52. The van der Waals surface area contributed by atoms with Crippen molar-refractivity contribution in [3.63, 3.8) is 0 Å². The molecule has 0 radical (unpaired) electrons. The lowest BCUT2D eigenvalue weighted by atomic mass is 10.3. The molecular weight excluding hydrogens is 253 g/mol. The van der Waals surface area contributed by atoms with E-state index in [4.69, 9.17) is 5.73 Å². The van der Waals surface area contributed by atoms with Crippen molar-refractivity contribution in [3.8, 4) is 0 Å². The van der Waals surface area contributed by atoms with Gasteiger partial charge >= 0.3 is 5.51 Å². The van der Waals surface area contributed by atoms with Crippen LogP contribution in [0.15, 0.2) is 29.2 Å². The maximum atomic E-state index is 12.0. The minimum Gasteiger partial charge on any atom is -0.330 e. The zero-order chi connectivity index (χ0) is 12.9. The van der Waals surface area contributed by atoms with Gasteiger partial charge in [0.2, 0.25) is 5.91 Å². The van der Waals surface area contributed by atoms with Crippen LogP contribution in [0.4, 0.5) is 18.9 Å². The SMILES string of the molecule is NCCC(=O)Nc1ccc(SC(F)(F)F)cc1. The fourth-order valence-corrected chi connectivity index (χ4v) is 1.63. The summed E-state index contributed by atoms with van der Waals surface area (Å²) in [5.74, 6) is -0.260. The molecule has 0 aliphatic heterocycles. The van der Waals surface area contributed by atoms with Crippen LogP contribution >= 0.6 is 11.8 Å². The Labute approximate surface area is 101 Å². The third kappa shape index (κ3) is 5.60. The fourth-order valence-electron chi connectivity index (χ4n) is 1.09. The number of hydrogen-bond acceptors (Lipinski definition) is 3. The molecule has 0 saturated carbocycles. The largest absolute Gasteiger partial charge is 0.446 e. The van der Waals surface area contributed by atoms with E-state index in [1.54, 1.807) is 0 Å². The van der Waals surface area contributed by atoms with Gasteiger partial charge < -0.3 is 11.1 Å². The first-order valence-corrected chi connectivity index (χ1v) is 5.58. The summed E-state index contributed by atoms with van der Waals surface area (Å²) in [5.41, 5.74) is 1.34. The highest BCUT2D eigenvalue weighted by molar-refractivity contribution is 8.00. The van der Waals surface area contributed by atoms with Gasteiger partial charge in [0.1, 0.15) is 0 Å². The first-order valence-electron chi connectivity index (χ1n) is 4.76. The molecule has 3 nitrogen and oxygen atoms in total. The van der Waals surface area contributed by atoms with E-state index in [2.05, 4.69) is 5.32 Å². The van der Waals surface area contributed by atoms with Crippen LogP contribution in [0.5, 0.6) is 0 Å². The van der Waals surface area contributed by atoms with E-state index >= 15 is 0 Å². The van der Waals surface area contributed by atoms with Crippen molar-refractivity contribution < 1.29 is 18.0 Å². The molecule has 1 amide bonds. The van der Waals surface area contributed by atoms with Crippen LogP contribution in [0, 0.1) is 0 Å². The Morgan fingerprint density at radius 3 is 2.35 bits per heavy atom. The maximum Gasteiger partial charge on any atom is 0.446 e. The number of nitrogens with one attached hydrogen (secondary N) is 1. The van der Waals surface area contributed by atoms with Crippen LogP contribution in [-0.2, 0) is 4.79 Å². The van der Waals surface area contributed by atoms with E-state index in [0.717, 1.165) is 0 Å². The average molecular weight is 264 g/mol. The Balaban J connectivity index is 2.59. The molecule has 0 aliphatic rings. The number of halogens is 3. The number of hydrogen-bond donors (Lipinski definition) is 2. The van der Waals surface area contributed by atoms with E-state index in [1.807, 2.05) is 0 Å². The number of carbonyl (C=O) groups excluding carboxylic acids is 1. The summed E-state index contributed by atoms with van der Waals surface area (Å²) in [6.07, 6.45) is 0.180. The molecule has 0 aliphatic carbocycles. The molecule has 1 aromatic rings. The summed E-state index contributed by atoms with van der Waals surface area (Å²) in [6.45, 7) is 0.230.